The maximum Gasteiger partial charge on any atom is 0.114 e. The number of β-amino-alcohol motifs (C(OH)–C–C–N with tert-alkyl or cyclic N) is 1. The summed E-state index contributed by atoms with van der Waals surface area (Å²) in [5.41, 5.74) is 4.19. The Labute approximate surface area is 242 Å². The van der Waals surface area contributed by atoms with E-state index < -0.39 is 24.4 Å². The van der Waals surface area contributed by atoms with Crippen molar-refractivity contribution in [3.05, 3.63) is 144 Å². The molecule has 5 rings (SSSR count). The first kappa shape index (κ1) is 29.1. The highest BCUT2D eigenvalue weighted by molar-refractivity contribution is 5.17. The van der Waals surface area contributed by atoms with Gasteiger partial charge in [-0.3, -0.25) is 4.90 Å². The zero-order valence-electron chi connectivity index (χ0n) is 23.2. The number of likely N-dealkylation sites (tertiary alicyclic amines) is 1. The molecule has 6 heteroatoms. The van der Waals surface area contributed by atoms with E-state index in [0.717, 1.165) is 22.3 Å². The number of aliphatic hydroxyl groups is 2. The summed E-state index contributed by atoms with van der Waals surface area (Å²) in [7, 11) is 0. The van der Waals surface area contributed by atoms with Gasteiger partial charge in [0, 0.05) is 13.1 Å². The third-order valence-electron chi connectivity index (χ3n) is 7.52. The summed E-state index contributed by atoms with van der Waals surface area (Å²) in [6, 6.07) is 39.7. The lowest BCUT2D eigenvalue weighted by Crippen LogP contribution is -2.53. The minimum Gasteiger partial charge on any atom is -0.389 e. The Morgan fingerprint density at radius 1 is 0.561 bits per heavy atom. The first-order valence-electron chi connectivity index (χ1n) is 14.2. The summed E-state index contributed by atoms with van der Waals surface area (Å²) < 4.78 is 19.3. The van der Waals surface area contributed by atoms with Gasteiger partial charge in [0.1, 0.15) is 18.3 Å². The lowest BCUT2D eigenvalue weighted by atomic mass is 9.99. The summed E-state index contributed by atoms with van der Waals surface area (Å²) in [6.45, 7) is 2.24. The number of rotatable bonds is 12. The van der Waals surface area contributed by atoms with Gasteiger partial charge in [0.05, 0.1) is 38.6 Å². The molecule has 1 aliphatic rings. The number of nitrogens with zero attached hydrogens (tertiary/aromatic N) is 1. The molecule has 41 heavy (non-hydrogen) atoms. The molecule has 0 bridgehead atoms. The van der Waals surface area contributed by atoms with Crippen LogP contribution in [0, 0.1) is 0 Å². The van der Waals surface area contributed by atoms with Crippen molar-refractivity contribution in [1.29, 1.82) is 0 Å². The number of ether oxygens (including phenoxy) is 3. The van der Waals surface area contributed by atoms with E-state index in [9.17, 15) is 10.2 Å². The Hall–Kier alpha value is -3.36. The summed E-state index contributed by atoms with van der Waals surface area (Å²) in [5, 5.41) is 22.7. The molecule has 0 amide bonds. The van der Waals surface area contributed by atoms with Crippen molar-refractivity contribution in [2.75, 3.05) is 13.2 Å². The van der Waals surface area contributed by atoms with E-state index in [4.69, 9.17) is 14.2 Å². The van der Waals surface area contributed by atoms with Crippen molar-refractivity contribution in [2.24, 2.45) is 0 Å². The molecule has 0 unspecified atom stereocenters. The highest BCUT2D eigenvalue weighted by atomic mass is 16.6. The summed E-state index contributed by atoms with van der Waals surface area (Å²) in [4.78, 5) is 2.16. The normalized spacial score (nSPS) is 23.2. The van der Waals surface area contributed by atoms with Crippen LogP contribution < -0.4 is 0 Å². The Balaban J connectivity index is 1.44. The molecule has 5 atom stereocenters. The van der Waals surface area contributed by atoms with Gasteiger partial charge in [-0.2, -0.15) is 0 Å². The lowest BCUT2D eigenvalue weighted by molar-refractivity contribution is -0.161. The van der Waals surface area contributed by atoms with E-state index >= 15 is 0 Å². The minimum absolute atomic E-state index is 0.256. The lowest BCUT2D eigenvalue weighted by Gasteiger charge is -2.37. The number of benzene rings is 4. The van der Waals surface area contributed by atoms with Crippen LogP contribution >= 0.6 is 0 Å². The number of hydrogen-bond acceptors (Lipinski definition) is 6. The van der Waals surface area contributed by atoms with Crippen molar-refractivity contribution in [3.8, 4) is 0 Å². The fourth-order valence-electron chi connectivity index (χ4n) is 5.33. The fourth-order valence-corrected chi connectivity index (χ4v) is 5.33. The Bertz CT molecular complexity index is 1280. The van der Waals surface area contributed by atoms with Crippen LogP contribution in [-0.2, 0) is 40.6 Å². The summed E-state index contributed by atoms with van der Waals surface area (Å²) in [6.07, 6.45) is -3.52. The first-order chi connectivity index (χ1) is 20.2. The molecule has 0 aromatic heterocycles. The zero-order valence-corrected chi connectivity index (χ0v) is 23.2. The average Bonchev–Trinajstić information content (AvgIpc) is 3.11. The molecule has 1 aliphatic heterocycles. The molecule has 4 aromatic rings. The Kier molecular flexibility index (Phi) is 10.7. The molecule has 4 aromatic carbocycles. The van der Waals surface area contributed by atoms with Crippen LogP contribution in [0.25, 0.3) is 0 Å². The van der Waals surface area contributed by atoms with E-state index in [1.165, 1.54) is 0 Å². The van der Waals surface area contributed by atoms with Gasteiger partial charge in [0.2, 0.25) is 0 Å². The monoisotopic (exact) mass is 553 g/mol. The highest BCUT2D eigenvalue weighted by Crippen LogP contribution is 2.28. The molecular formula is C35H39NO5. The zero-order chi connectivity index (χ0) is 28.3. The van der Waals surface area contributed by atoms with E-state index in [-0.39, 0.29) is 19.2 Å². The van der Waals surface area contributed by atoms with Gasteiger partial charge in [0.15, 0.2) is 0 Å². The number of hydrogen-bond donors (Lipinski definition) is 2. The predicted molar refractivity (Wildman–Crippen MR) is 159 cm³/mol. The molecule has 0 aliphatic carbocycles. The number of aliphatic hydroxyl groups excluding tert-OH is 2. The molecule has 1 fully saturated rings. The SMILES string of the molecule is O[C@@H]1[C@@H](OCc2ccccc2)[C@H](OCc2ccccc2)[C@H](COCc2ccccc2)N(Cc2ccccc2)C[C@@H]1O. The van der Waals surface area contributed by atoms with Crippen molar-refractivity contribution in [2.45, 2.75) is 56.8 Å². The van der Waals surface area contributed by atoms with Crippen LogP contribution in [-0.4, -0.2) is 58.7 Å². The molecule has 0 saturated carbocycles. The second-order valence-electron chi connectivity index (χ2n) is 10.6. The van der Waals surface area contributed by atoms with Crippen LogP contribution in [0.5, 0.6) is 0 Å². The van der Waals surface area contributed by atoms with Crippen LogP contribution in [0.3, 0.4) is 0 Å². The van der Waals surface area contributed by atoms with Crippen LogP contribution in [0.2, 0.25) is 0 Å². The van der Waals surface area contributed by atoms with Gasteiger partial charge in [-0.25, -0.2) is 0 Å². The predicted octanol–water partition coefficient (Wildman–Crippen LogP) is 4.98. The molecule has 214 valence electrons. The second-order valence-corrected chi connectivity index (χ2v) is 10.6. The van der Waals surface area contributed by atoms with Gasteiger partial charge < -0.3 is 24.4 Å². The molecule has 0 spiro atoms. The molecule has 2 N–H and O–H groups in total. The molecule has 6 nitrogen and oxygen atoms in total. The van der Waals surface area contributed by atoms with Gasteiger partial charge >= 0.3 is 0 Å². The maximum atomic E-state index is 11.4. The van der Waals surface area contributed by atoms with Crippen molar-refractivity contribution >= 4 is 0 Å². The fraction of sp³-hybridized carbons (Fsp3) is 0.314. The highest BCUT2D eigenvalue weighted by Gasteiger charge is 2.45. The largest absolute Gasteiger partial charge is 0.389 e. The van der Waals surface area contributed by atoms with Crippen molar-refractivity contribution < 1.29 is 24.4 Å². The standard InChI is InChI=1S/C35H39NO5/c37-32-22-36(21-27-13-5-1-6-14-27)31(26-39-23-28-15-7-2-8-16-28)34(40-24-29-17-9-3-10-18-29)35(33(32)38)41-25-30-19-11-4-12-20-30/h1-20,31-35,37-38H,21-26H2/t31-,32-,33-,34+,35+/m0/s1. The molecule has 0 radical (unpaired) electrons. The van der Waals surface area contributed by atoms with Gasteiger partial charge in [-0.05, 0) is 22.3 Å². The van der Waals surface area contributed by atoms with E-state index in [1.54, 1.807) is 0 Å². The first-order valence-corrected chi connectivity index (χ1v) is 14.2. The quantitative estimate of drug-likeness (QED) is 0.258. The van der Waals surface area contributed by atoms with Gasteiger partial charge in [0.25, 0.3) is 0 Å². The van der Waals surface area contributed by atoms with Gasteiger partial charge in [-0.15, -0.1) is 0 Å². The maximum absolute atomic E-state index is 11.4. The average molecular weight is 554 g/mol. The topological polar surface area (TPSA) is 71.4 Å². The second kappa shape index (κ2) is 15.0. The van der Waals surface area contributed by atoms with Gasteiger partial charge in [-0.1, -0.05) is 121 Å². The van der Waals surface area contributed by atoms with Crippen LogP contribution in [0.15, 0.2) is 121 Å². The van der Waals surface area contributed by atoms with Crippen molar-refractivity contribution in [3.63, 3.8) is 0 Å². The smallest absolute Gasteiger partial charge is 0.114 e. The minimum atomic E-state index is -1.14. The summed E-state index contributed by atoms with van der Waals surface area (Å²) in [5.74, 6) is 0. The van der Waals surface area contributed by atoms with Crippen LogP contribution in [0.4, 0.5) is 0 Å². The third kappa shape index (κ3) is 8.33. The molecular weight excluding hydrogens is 514 g/mol. The van der Waals surface area contributed by atoms with Crippen LogP contribution in [0.1, 0.15) is 22.3 Å². The summed E-state index contributed by atoms with van der Waals surface area (Å²) >= 11 is 0. The van der Waals surface area contributed by atoms with E-state index in [0.29, 0.717) is 26.4 Å². The van der Waals surface area contributed by atoms with Crippen molar-refractivity contribution in [1.82, 2.24) is 4.90 Å². The third-order valence-corrected chi connectivity index (χ3v) is 7.52. The molecule has 1 saturated heterocycles. The Morgan fingerprint density at radius 2 is 1.00 bits per heavy atom. The Morgan fingerprint density at radius 3 is 1.51 bits per heavy atom. The molecule has 1 heterocycles. The van der Waals surface area contributed by atoms with E-state index in [1.807, 2.05) is 109 Å². The van der Waals surface area contributed by atoms with E-state index in [2.05, 4.69) is 17.0 Å².